The van der Waals surface area contributed by atoms with Crippen LogP contribution in [-0.2, 0) is 9.59 Å². The van der Waals surface area contributed by atoms with Crippen LogP contribution < -0.4 is 19.7 Å². The van der Waals surface area contributed by atoms with Crippen LogP contribution in [0.5, 0.6) is 11.5 Å². The Bertz CT molecular complexity index is 1150. The third-order valence-corrected chi connectivity index (χ3v) is 6.63. The third-order valence-electron chi connectivity index (χ3n) is 6.63. The Morgan fingerprint density at radius 3 is 2.73 bits per heavy atom. The van der Waals surface area contributed by atoms with Gasteiger partial charge in [0.15, 0.2) is 17.3 Å². The van der Waals surface area contributed by atoms with E-state index in [2.05, 4.69) is 26.1 Å². The molecule has 1 unspecified atom stereocenters. The van der Waals surface area contributed by atoms with E-state index in [4.69, 9.17) is 9.47 Å². The van der Waals surface area contributed by atoms with Crippen molar-refractivity contribution in [2.45, 2.75) is 58.9 Å². The van der Waals surface area contributed by atoms with Gasteiger partial charge in [-0.05, 0) is 48.1 Å². The number of ether oxygens (including phenoxy) is 2. The van der Waals surface area contributed by atoms with Crippen molar-refractivity contribution in [3.63, 3.8) is 0 Å². The van der Waals surface area contributed by atoms with Crippen LogP contribution in [0.3, 0.4) is 0 Å². The maximum absolute atomic E-state index is 13.7. The number of fused-ring (bicyclic) bond motifs is 2. The number of ketones is 1. The van der Waals surface area contributed by atoms with Crippen molar-refractivity contribution in [1.82, 2.24) is 0 Å². The lowest BCUT2D eigenvalue weighted by Gasteiger charge is -2.37. The summed E-state index contributed by atoms with van der Waals surface area (Å²) in [6, 6.07) is 13.0. The third kappa shape index (κ3) is 3.88. The van der Waals surface area contributed by atoms with Crippen LogP contribution in [-0.4, -0.2) is 18.5 Å². The number of allylic oxidation sites excluding steroid dienone is 1. The lowest BCUT2D eigenvalue weighted by molar-refractivity contribution is -0.119. The second-order valence-electron chi connectivity index (χ2n) is 9.86. The number of benzene rings is 2. The van der Waals surface area contributed by atoms with Gasteiger partial charge < -0.3 is 14.8 Å². The van der Waals surface area contributed by atoms with Crippen LogP contribution in [0.1, 0.15) is 64.5 Å². The fourth-order valence-corrected chi connectivity index (χ4v) is 5.11. The van der Waals surface area contributed by atoms with Gasteiger partial charge in [-0.3, -0.25) is 14.5 Å². The van der Waals surface area contributed by atoms with Gasteiger partial charge in [-0.1, -0.05) is 45.4 Å². The van der Waals surface area contributed by atoms with E-state index in [0.29, 0.717) is 29.9 Å². The Morgan fingerprint density at radius 1 is 1.12 bits per heavy atom. The molecule has 33 heavy (non-hydrogen) atoms. The van der Waals surface area contributed by atoms with Crippen LogP contribution in [0.25, 0.3) is 0 Å². The van der Waals surface area contributed by atoms with E-state index in [1.54, 1.807) is 0 Å². The predicted octanol–water partition coefficient (Wildman–Crippen LogP) is 5.75. The van der Waals surface area contributed by atoms with Crippen LogP contribution in [0, 0.1) is 5.41 Å². The zero-order valence-corrected chi connectivity index (χ0v) is 19.4. The highest BCUT2D eigenvalue weighted by molar-refractivity contribution is 6.06. The second kappa shape index (κ2) is 8.25. The number of carbonyl (C=O) groups excluding carboxylic acids is 2. The molecule has 1 atom stereocenters. The Kier molecular flexibility index (Phi) is 5.39. The minimum absolute atomic E-state index is 0.0140. The van der Waals surface area contributed by atoms with Crippen molar-refractivity contribution in [2.75, 3.05) is 17.0 Å². The predicted molar refractivity (Wildman–Crippen MR) is 127 cm³/mol. The van der Waals surface area contributed by atoms with Gasteiger partial charge in [0.05, 0.1) is 17.4 Å². The first-order valence-corrected chi connectivity index (χ1v) is 11.7. The normalized spacial score (nSPS) is 20.6. The van der Waals surface area contributed by atoms with E-state index in [1.165, 1.54) is 0 Å². The molecule has 3 aliphatic rings. The molecule has 0 fully saturated rings. The van der Waals surface area contributed by atoms with Crippen molar-refractivity contribution in [1.29, 1.82) is 0 Å². The van der Waals surface area contributed by atoms with Crippen molar-refractivity contribution >= 4 is 23.1 Å². The smallest absolute Gasteiger partial charge is 0.231 e. The molecule has 2 aliphatic heterocycles. The minimum Gasteiger partial charge on any atom is -0.454 e. The number of nitrogens with one attached hydrogen (secondary N) is 1. The summed E-state index contributed by atoms with van der Waals surface area (Å²) in [5.74, 6) is 1.42. The molecule has 1 aliphatic carbocycles. The number of para-hydroxylation sites is 2. The number of amides is 1. The Hall–Kier alpha value is -3.28. The molecule has 2 aromatic rings. The van der Waals surface area contributed by atoms with Gasteiger partial charge in [0.25, 0.3) is 0 Å². The molecule has 0 spiro atoms. The topological polar surface area (TPSA) is 67.9 Å². The minimum atomic E-state index is -0.529. The lowest BCUT2D eigenvalue weighted by Crippen LogP contribution is -2.39. The standard InChI is InChI=1S/C27H30N2O4/c1-4-5-10-24(31)29-20-9-7-6-8-18(20)28-19-14-27(2,3)15-21(30)25(19)26(29)17-11-12-22-23(13-17)33-16-32-22/h6-9,11-13,26,28H,4-5,10,14-16H2,1-3H3. The van der Waals surface area contributed by atoms with E-state index < -0.39 is 6.04 Å². The molecule has 0 saturated carbocycles. The molecule has 6 nitrogen and oxygen atoms in total. The maximum atomic E-state index is 13.7. The zero-order chi connectivity index (χ0) is 23.2. The van der Waals surface area contributed by atoms with Crippen molar-refractivity contribution < 1.29 is 19.1 Å². The van der Waals surface area contributed by atoms with Gasteiger partial charge in [-0.15, -0.1) is 0 Å². The summed E-state index contributed by atoms with van der Waals surface area (Å²) in [7, 11) is 0. The highest BCUT2D eigenvalue weighted by atomic mass is 16.7. The van der Waals surface area contributed by atoms with Crippen molar-refractivity contribution in [3.05, 3.63) is 59.3 Å². The van der Waals surface area contributed by atoms with Gasteiger partial charge in [0.2, 0.25) is 12.7 Å². The number of anilines is 2. The first-order valence-electron chi connectivity index (χ1n) is 11.7. The molecule has 0 aromatic heterocycles. The fraction of sp³-hybridized carbons (Fsp3) is 0.407. The molecule has 0 bridgehead atoms. The van der Waals surface area contributed by atoms with E-state index in [0.717, 1.165) is 41.9 Å². The van der Waals surface area contributed by atoms with E-state index >= 15 is 0 Å². The molecule has 6 heteroatoms. The van der Waals surface area contributed by atoms with E-state index in [1.807, 2.05) is 47.4 Å². The highest BCUT2D eigenvalue weighted by Crippen LogP contribution is 2.49. The summed E-state index contributed by atoms with van der Waals surface area (Å²) in [6.45, 7) is 6.49. The average molecular weight is 447 g/mol. The van der Waals surface area contributed by atoms with E-state index in [9.17, 15) is 9.59 Å². The van der Waals surface area contributed by atoms with Crippen molar-refractivity contribution in [3.8, 4) is 11.5 Å². The second-order valence-corrected chi connectivity index (χ2v) is 9.86. The van der Waals surface area contributed by atoms with Gasteiger partial charge in [-0.2, -0.15) is 0 Å². The Morgan fingerprint density at radius 2 is 1.91 bits per heavy atom. The lowest BCUT2D eigenvalue weighted by atomic mass is 9.73. The number of unbranched alkanes of at least 4 members (excludes halogenated alkanes) is 1. The molecular weight excluding hydrogens is 416 g/mol. The number of nitrogens with zero attached hydrogens (tertiary/aromatic N) is 1. The van der Waals surface area contributed by atoms with Gasteiger partial charge >= 0.3 is 0 Å². The first-order chi connectivity index (χ1) is 15.9. The number of hydrogen-bond acceptors (Lipinski definition) is 5. The molecule has 2 heterocycles. The molecule has 0 radical (unpaired) electrons. The van der Waals surface area contributed by atoms with Crippen LogP contribution in [0.15, 0.2) is 53.7 Å². The molecule has 2 aromatic carbocycles. The summed E-state index contributed by atoms with van der Waals surface area (Å²) >= 11 is 0. The number of hydrogen-bond donors (Lipinski definition) is 1. The molecule has 1 N–H and O–H groups in total. The Balaban J connectivity index is 1.74. The van der Waals surface area contributed by atoms with Gasteiger partial charge in [0.1, 0.15) is 0 Å². The first kappa shape index (κ1) is 21.6. The summed E-state index contributed by atoms with van der Waals surface area (Å²) in [4.78, 5) is 29.2. The monoisotopic (exact) mass is 446 g/mol. The van der Waals surface area contributed by atoms with E-state index in [-0.39, 0.29) is 23.9 Å². The quantitative estimate of drug-likeness (QED) is 0.648. The molecule has 5 rings (SSSR count). The largest absolute Gasteiger partial charge is 0.454 e. The molecule has 1 amide bonds. The molecule has 0 saturated heterocycles. The number of Topliss-reactive ketones (excluding diaryl/α,β-unsaturated/α-hetero) is 1. The van der Waals surface area contributed by atoms with Crippen LogP contribution in [0.4, 0.5) is 11.4 Å². The summed E-state index contributed by atoms with van der Waals surface area (Å²) in [5.41, 5.74) is 3.91. The molecule has 172 valence electrons. The Labute approximate surface area is 194 Å². The SMILES string of the molecule is CCCCC(=O)N1c2ccccc2NC2=C(C(=O)CC(C)(C)C2)C1c1ccc2c(c1)OCO2. The van der Waals surface area contributed by atoms with Crippen LogP contribution in [0.2, 0.25) is 0 Å². The molecular formula is C27H30N2O4. The summed E-state index contributed by atoms with van der Waals surface area (Å²) in [6.07, 6.45) is 3.33. The fourth-order valence-electron chi connectivity index (χ4n) is 5.11. The van der Waals surface area contributed by atoms with Gasteiger partial charge in [-0.25, -0.2) is 0 Å². The number of carbonyl (C=O) groups is 2. The van der Waals surface area contributed by atoms with Crippen LogP contribution >= 0.6 is 0 Å². The maximum Gasteiger partial charge on any atom is 0.231 e. The summed E-state index contributed by atoms with van der Waals surface area (Å²) in [5, 5.41) is 3.55. The average Bonchev–Trinajstić information content (AvgIpc) is 3.18. The summed E-state index contributed by atoms with van der Waals surface area (Å²) < 4.78 is 11.2. The zero-order valence-electron chi connectivity index (χ0n) is 19.4. The van der Waals surface area contributed by atoms with Gasteiger partial charge in [0, 0.05) is 24.1 Å². The van der Waals surface area contributed by atoms with Crippen molar-refractivity contribution in [2.24, 2.45) is 5.41 Å². The highest BCUT2D eigenvalue weighted by Gasteiger charge is 2.43. The number of rotatable bonds is 4.